The van der Waals surface area contributed by atoms with E-state index in [0.29, 0.717) is 25.7 Å². The van der Waals surface area contributed by atoms with Gasteiger partial charge in [-0.05, 0) is 49.4 Å². The zero-order chi connectivity index (χ0) is 74.6. The van der Waals surface area contributed by atoms with Crippen LogP contribution in [0.5, 0.6) is 0 Å². The molecule has 0 aromatic heterocycles. The first kappa shape index (κ1) is 99.1. The number of phosphoric acid groups is 2. The van der Waals surface area contributed by atoms with Crippen molar-refractivity contribution in [2.75, 3.05) is 39.6 Å². The normalized spacial score (nSPS) is 14.5. The van der Waals surface area contributed by atoms with Crippen molar-refractivity contribution < 1.29 is 80.2 Å². The van der Waals surface area contributed by atoms with E-state index in [1.165, 1.54) is 218 Å². The molecule has 101 heavy (non-hydrogen) atoms. The summed E-state index contributed by atoms with van der Waals surface area (Å²) in [6.07, 6.45) is 58.2. The molecule has 600 valence electrons. The first-order valence-electron chi connectivity index (χ1n) is 42.3. The Morgan fingerprint density at radius 2 is 0.475 bits per heavy atom. The van der Waals surface area contributed by atoms with Crippen molar-refractivity contribution in [2.45, 2.75) is 440 Å². The van der Waals surface area contributed by atoms with Crippen LogP contribution in [0.25, 0.3) is 0 Å². The number of aliphatic hydroxyl groups is 1. The summed E-state index contributed by atoms with van der Waals surface area (Å²) in [6, 6.07) is 0. The first-order chi connectivity index (χ1) is 48.7. The van der Waals surface area contributed by atoms with Crippen LogP contribution in [-0.4, -0.2) is 96.7 Å². The Morgan fingerprint density at radius 1 is 0.277 bits per heavy atom. The Balaban J connectivity index is 5.22. The van der Waals surface area contributed by atoms with Crippen molar-refractivity contribution in [3.63, 3.8) is 0 Å². The quantitative estimate of drug-likeness (QED) is 0.0222. The van der Waals surface area contributed by atoms with Gasteiger partial charge in [-0.3, -0.25) is 37.3 Å². The molecule has 0 aromatic rings. The van der Waals surface area contributed by atoms with Crippen LogP contribution in [0.3, 0.4) is 0 Å². The van der Waals surface area contributed by atoms with Gasteiger partial charge in [-0.2, -0.15) is 0 Å². The topological polar surface area (TPSA) is 237 Å². The van der Waals surface area contributed by atoms with Crippen LogP contribution in [0.2, 0.25) is 0 Å². The zero-order valence-electron chi connectivity index (χ0n) is 66.5. The molecule has 0 spiro atoms. The van der Waals surface area contributed by atoms with Crippen molar-refractivity contribution in [2.24, 2.45) is 23.7 Å². The molecule has 0 aliphatic heterocycles. The molecule has 0 aliphatic carbocycles. The van der Waals surface area contributed by atoms with Gasteiger partial charge in [0, 0.05) is 25.7 Å². The molecule has 0 aromatic carbocycles. The zero-order valence-corrected chi connectivity index (χ0v) is 68.3. The molecule has 19 heteroatoms. The maximum Gasteiger partial charge on any atom is 0.472 e. The summed E-state index contributed by atoms with van der Waals surface area (Å²) in [6.45, 7) is 14.3. The van der Waals surface area contributed by atoms with E-state index in [9.17, 15) is 43.2 Å². The number of rotatable bonds is 79. The highest BCUT2D eigenvalue weighted by Gasteiger charge is 2.30. The smallest absolute Gasteiger partial charge is 0.462 e. The highest BCUT2D eigenvalue weighted by atomic mass is 31.2. The Hall–Kier alpha value is -1.94. The second-order valence-electron chi connectivity index (χ2n) is 31.0. The molecule has 17 nitrogen and oxygen atoms in total. The summed E-state index contributed by atoms with van der Waals surface area (Å²) in [5.41, 5.74) is 0. The summed E-state index contributed by atoms with van der Waals surface area (Å²) < 4.78 is 68.7. The van der Waals surface area contributed by atoms with Gasteiger partial charge in [0.2, 0.25) is 0 Å². The summed E-state index contributed by atoms with van der Waals surface area (Å²) in [5.74, 6) is 1.04. The number of hydrogen-bond donors (Lipinski definition) is 3. The highest BCUT2D eigenvalue weighted by Crippen LogP contribution is 2.45. The van der Waals surface area contributed by atoms with Gasteiger partial charge in [0.05, 0.1) is 26.4 Å². The maximum atomic E-state index is 13.1. The summed E-state index contributed by atoms with van der Waals surface area (Å²) in [5, 5.41) is 10.6. The van der Waals surface area contributed by atoms with Gasteiger partial charge in [-0.15, -0.1) is 0 Å². The van der Waals surface area contributed by atoms with E-state index < -0.39 is 97.5 Å². The Morgan fingerprint density at radius 3 is 0.703 bits per heavy atom. The Labute approximate surface area is 619 Å². The summed E-state index contributed by atoms with van der Waals surface area (Å²) >= 11 is 0. The fourth-order valence-electron chi connectivity index (χ4n) is 12.5. The van der Waals surface area contributed by atoms with E-state index in [0.717, 1.165) is 120 Å². The molecule has 0 saturated carbocycles. The fraction of sp³-hybridized carbons (Fsp3) is 0.951. The van der Waals surface area contributed by atoms with Crippen molar-refractivity contribution in [1.82, 2.24) is 0 Å². The van der Waals surface area contributed by atoms with E-state index in [4.69, 9.17) is 37.0 Å². The third-order valence-electron chi connectivity index (χ3n) is 19.8. The van der Waals surface area contributed by atoms with E-state index >= 15 is 0 Å². The molecule has 0 aliphatic rings. The van der Waals surface area contributed by atoms with Gasteiger partial charge in [-0.25, -0.2) is 9.13 Å². The van der Waals surface area contributed by atoms with E-state index in [-0.39, 0.29) is 25.7 Å². The number of hydrogen-bond acceptors (Lipinski definition) is 15. The van der Waals surface area contributed by atoms with Crippen LogP contribution in [-0.2, 0) is 65.4 Å². The van der Waals surface area contributed by atoms with Gasteiger partial charge in [0.25, 0.3) is 0 Å². The summed E-state index contributed by atoms with van der Waals surface area (Å²) in [4.78, 5) is 73.1. The molecular formula is C82H160O17P2. The molecule has 0 fully saturated rings. The standard InChI is InChI=1S/C82H160O17P2/c1-9-74(7)60-52-44-36-30-24-18-15-16-20-26-32-38-48-56-64-81(86)99-78(69-93-80(85)63-55-47-41-40-45-53-61-75(8)10-2)71-97-101(90,91)95-67-76(83)66-94-100(88,89)96-70-77(98-82(87)65-57-49-39-33-27-21-23-29-35-43-51-59-73(5)6)68-92-79(84)62-54-46-37-31-25-19-14-12-11-13-17-22-28-34-42-50-58-72(3)4/h72-78,83H,9-71H2,1-8H3,(H,88,89)(H,90,91)/t74?,75?,76-,77-,78-/m1/s1. The molecular weight excluding hydrogens is 1320 g/mol. The van der Waals surface area contributed by atoms with Crippen LogP contribution in [0, 0.1) is 23.7 Å². The molecule has 7 atom stereocenters. The van der Waals surface area contributed by atoms with Crippen LogP contribution in [0.1, 0.15) is 421 Å². The lowest BCUT2D eigenvalue weighted by atomic mass is 9.99. The second-order valence-corrected chi connectivity index (χ2v) is 33.9. The predicted molar refractivity (Wildman–Crippen MR) is 414 cm³/mol. The molecule has 0 rings (SSSR count). The SMILES string of the molecule is CCC(C)CCCCCCCCCCCCCCCCC(=O)O[C@H](COC(=O)CCCCCCCCC(C)CC)COP(=O)(O)OC[C@H](O)COP(=O)(O)OC[C@@H](COC(=O)CCCCCCCCCCCCCCCCCCC(C)C)OC(=O)CCCCCCCCCCCCCC(C)C. The van der Waals surface area contributed by atoms with Gasteiger partial charge < -0.3 is 33.8 Å². The maximum absolute atomic E-state index is 13.1. The molecule has 0 amide bonds. The van der Waals surface area contributed by atoms with Crippen LogP contribution < -0.4 is 0 Å². The average Bonchev–Trinajstić information content (AvgIpc) is 0.920. The van der Waals surface area contributed by atoms with E-state index in [1.54, 1.807) is 0 Å². The average molecular weight is 1480 g/mol. The lowest BCUT2D eigenvalue weighted by Crippen LogP contribution is -2.30. The number of esters is 4. The fourth-order valence-corrected chi connectivity index (χ4v) is 14.1. The first-order valence-corrected chi connectivity index (χ1v) is 45.3. The third-order valence-corrected chi connectivity index (χ3v) is 21.7. The van der Waals surface area contributed by atoms with Gasteiger partial charge in [0.1, 0.15) is 19.3 Å². The molecule has 3 N–H and O–H groups in total. The number of ether oxygens (including phenoxy) is 4. The summed E-state index contributed by atoms with van der Waals surface area (Å²) in [7, 11) is -9.92. The minimum absolute atomic E-state index is 0.106. The monoisotopic (exact) mass is 1480 g/mol. The van der Waals surface area contributed by atoms with Crippen molar-refractivity contribution in [3.8, 4) is 0 Å². The van der Waals surface area contributed by atoms with Gasteiger partial charge >= 0.3 is 39.5 Å². The van der Waals surface area contributed by atoms with E-state index in [1.807, 2.05) is 0 Å². The minimum Gasteiger partial charge on any atom is -0.462 e. The van der Waals surface area contributed by atoms with Crippen molar-refractivity contribution >= 4 is 39.5 Å². The van der Waals surface area contributed by atoms with E-state index in [2.05, 4.69) is 55.4 Å². The predicted octanol–water partition coefficient (Wildman–Crippen LogP) is 24.4. The number of unbranched alkanes of at least 4 members (excludes halogenated alkanes) is 43. The van der Waals surface area contributed by atoms with Crippen LogP contribution >= 0.6 is 15.6 Å². The van der Waals surface area contributed by atoms with Gasteiger partial charge in [0.15, 0.2) is 12.2 Å². The van der Waals surface area contributed by atoms with Crippen molar-refractivity contribution in [1.29, 1.82) is 0 Å². The molecule has 0 bridgehead atoms. The lowest BCUT2D eigenvalue weighted by molar-refractivity contribution is -0.161. The molecule has 0 radical (unpaired) electrons. The van der Waals surface area contributed by atoms with Crippen LogP contribution in [0.15, 0.2) is 0 Å². The number of carbonyl (C=O) groups is 4. The Bertz CT molecular complexity index is 1980. The van der Waals surface area contributed by atoms with Gasteiger partial charge in [-0.1, -0.05) is 370 Å². The van der Waals surface area contributed by atoms with Crippen LogP contribution in [0.4, 0.5) is 0 Å². The number of phosphoric ester groups is 2. The lowest BCUT2D eigenvalue weighted by Gasteiger charge is -2.21. The second kappa shape index (κ2) is 71.0. The third kappa shape index (κ3) is 73.4. The highest BCUT2D eigenvalue weighted by molar-refractivity contribution is 7.47. The number of carbonyl (C=O) groups excluding carboxylic acids is 4. The van der Waals surface area contributed by atoms with Crippen molar-refractivity contribution in [3.05, 3.63) is 0 Å². The Kier molecular flexibility index (Phi) is 69.6. The molecule has 4 unspecified atom stereocenters. The largest absolute Gasteiger partial charge is 0.472 e. The molecule has 0 heterocycles. The molecule has 0 saturated heterocycles. The minimum atomic E-state index is -4.96. The number of aliphatic hydroxyl groups excluding tert-OH is 1.